The van der Waals surface area contributed by atoms with Crippen molar-refractivity contribution >= 4 is 11.8 Å². The molecule has 2 N–H and O–H groups in total. The van der Waals surface area contributed by atoms with Crippen LogP contribution in [0.3, 0.4) is 0 Å². The van der Waals surface area contributed by atoms with E-state index >= 15 is 0 Å². The Morgan fingerprint density at radius 2 is 1.84 bits per heavy atom. The molecule has 2 heterocycles. The number of nitrogens with zero attached hydrogens (tertiary/aromatic N) is 2. The number of rotatable bonds is 4. The number of nitrogens with one attached hydrogen (secondary N) is 2. The number of piperidine rings is 1. The Morgan fingerprint density at radius 3 is 2.48 bits per heavy atom. The topological polar surface area (TPSA) is 78.1 Å². The molecule has 0 bridgehead atoms. The highest BCUT2D eigenvalue weighted by Crippen LogP contribution is 2.33. The standard InChI is InChI=1S/C19H30N4O2/c1-13(2)19(25)23-10-8-15(9-11-23)21-18(24)16-12-20-22-17(16)14-6-4-3-5-7-14/h12-15H,3-11H2,1-2H3,(H,20,22)(H,21,24). The zero-order valence-electron chi connectivity index (χ0n) is 15.4. The lowest BCUT2D eigenvalue weighted by Gasteiger charge is -2.33. The summed E-state index contributed by atoms with van der Waals surface area (Å²) in [5.41, 5.74) is 1.71. The maximum absolute atomic E-state index is 12.7. The largest absolute Gasteiger partial charge is 0.349 e. The summed E-state index contributed by atoms with van der Waals surface area (Å²) in [7, 11) is 0. The summed E-state index contributed by atoms with van der Waals surface area (Å²) in [6, 6.07) is 0.137. The second-order valence-electron chi connectivity index (χ2n) is 7.76. The van der Waals surface area contributed by atoms with Crippen molar-refractivity contribution in [2.45, 2.75) is 70.8 Å². The Labute approximate surface area is 149 Å². The van der Waals surface area contributed by atoms with E-state index in [0.29, 0.717) is 11.5 Å². The number of carbonyl (C=O) groups excluding carboxylic acids is 2. The van der Waals surface area contributed by atoms with E-state index in [1.54, 1.807) is 6.20 Å². The fraction of sp³-hybridized carbons (Fsp3) is 0.737. The van der Waals surface area contributed by atoms with Crippen LogP contribution in [0.2, 0.25) is 0 Å². The molecule has 0 aromatic carbocycles. The number of hydrogen-bond acceptors (Lipinski definition) is 3. The van der Waals surface area contributed by atoms with Crippen molar-refractivity contribution < 1.29 is 9.59 Å². The first-order chi connectivity index (χ1) is 12.1. The summed E-state index contributed by atoms with van der Waals surface area (Å²) in [5, 5.41) is 10.3. The van der Waals surface area contributed by atoms with Crippen molar-refractivity contribution in [3.05, 3.63) is 17.5 Å². The van der Waals surface area contributed by atoms with Gasteiger partial charge in [-0.25, -0.2) is 0 Å². The van der Waals surface area contributed by atoms with Crippen molar-refractivity contribution in [2.75, 3.05) is 13.1 Å². The minimum absolute atomic E-state index is 0.0250. The third-order valence-corrected chi connectivity index (χ3v) is 5.56. The Hall–Kier alpha value is -1.85. The predicted octanol–water partition coefficient (Wildman–Crippen LogP) is 2.83. The maximum atomic E-state index is 12.7. The van der Waals surface area contributed by atoms with E-state index in [2.05, 4.69) is 15.5 Å². The lowest BCUT2D eigenvalue weighted by Crippen LogP contribution is -2.47. The molecule has 2 aliphatic rings. The Morgan fingerprint density at radius 1 is 1.16 bits per heavy atom. The molecule has 2 fully saturated rings. The minimum Gasteiger partial charge on any atom is -0.349 e. The molecule has 1 aromatic heterocycles. The molecule has 1 aliphatic carbocycles. The van der Waals surface area contributed by atoms with E-state index < -0.39 is 0 Å². The molecule has 6 nitrogen and oxygen atoms in total. The van der Waals surface area contributed by atoms with E-state index in [1.807, 2.05) is 18.7 Å². The summed E-state index contributed by atoms with van der Waals surface area (Å²) < 4.78 is 0. The van der Waals surface area contributed by atoms with Crippen molar-refractivity contribution in [2.24, 2.45) is 5.92 Å². The van der Waals surface area contributed by atoms with Crippen LogP contribution in [0, 0.1) is 5.92 Å². The van der Waals surface area contributed by atoms with Crippen LogP contribution in [0.15, 0.2) is 6.20 Å². The lowest BCUT2D eigenvalue weighted by atomic mass is 9.85. The molecule has 1 aliphatic heterocycles. The third kappa shape index (κ3) is 4.22. The molecule has 1 saturated heterocycles. The van der Waals surface area contributed by atoms with E-state index in [1.165, 1.54) is 19.3 Å². The fourth-order valence-corrected chi connectivity index (χ4v) is 4.05. The predicted molar refractivity (Wildman–Crippen MR) is 96.3 cm³/mol. The number of likely N-dealkylation sites (tertiary alicyclic amines) is 1. The molecule has 0 radical (unpaired) electrons. The van der Waals surface area contributed by atoms with Crippen LogP contribution < -0.4 is 5.32 Å². The molecule has 2 amide bonds. The van der Waals surface area contributed by atoms with Gasteiger partial charge in [0.2, 0.25) is 5.91 Å². The number of aromatic nitrogens is 2. The van der Waals surface area contributed by atoms with Gasteiger partial charge in [-0.3, -0.25) is 14.7 Å². The van der Waals surface area contributed by atoms with E-state index in [0.717, 1.165) is 44.5 Å². The van der Waals surface area contributed by atoms with Crippen LogP contribution >= 0.6 is 0 Å². The van der Waals surface area contributed by atoms with Crippen molar-refractivity contribution in [3.63, 3.8) is 0 Å². The van der Waals surface area contributed by atoms with Gasteiger partial charge in [-0.2, -0.15) is 5.10 Å². The molecule has 0 spiro atoms. The minimum atomic E-state index is -0.0250. The smallest absolute Gasteiger partial charge is 0.254 e. The molecule has 1 saturated carbocycles. The third-order valence-electron chi connectivity index (χ3n) is 5.56. The molecule has 0 unspecified atom stereocenters. The quantitative estimate of drug-likeness (QED) is 0.880. The highest BCUT2D eigenvalue weighted by molar-refractivity contribution is 5.95. The first-order valence-electron chi connectivity index (χ1n) is 9.69. The number of H-pyrrole nitrogens is 1. The van der Waals surface area contributed by atoms with Crippen molar-refractivity contribution in [3.8, 4) is 0 Å². The normalized spacial score (nSPS) is 20.0. The molecule has 25 heavy (non-hydrogen) atoms. The van der Waals surface area contributed by atoms with Crippen LogP contribution in [-0.2, 0) is 4.79 Å². The summed E-state index contributed by atoms with van der Waals surface area (Å²) in [6.07, 6.45) is 9.33. The molecular weight excluding hydrogens is 316 g/mol. The fourth-order valence-electron chi connectivity index (χ4n) is 4.05. The molecule has 3 rings (SSSR count). The number of hydrogen-bond donors (Lipinski definition) is 2. The Balaban J connectivity index is 1.55. The van der Waals surface area contributed by atoms with Gasteiger partial charge < -0.3 is 10.2 Å². The van der Waals surface area contributed by atoms with Gasteiger partial charge in [0.05, 0.1) is 17.5 Å². The van der Waals surface area contributed by atoms with Gasteiger partial charge in [0, 0.05) is 31.0 Å². The zero-order valence-corrected chi connectivity index (χ0v) is 15.4. The first-order valence-corrected chi connectivity index (χ1v) is 9.69. The van der Waals surface area contributed by atoms with Gasteiger partial charge in [-0.15, -0.1) is 0 Å². The Kier molecular flexibility index (Phi) is 5.76. The van der Waals surface area contributed by atoms with Gasteiger partial charge >= 0.3 is 0 Å². The molecule has 6 heteroatoms. The molecule has 0 atom stereocenters. The van der Waals surface area contributed by atoms with Gasteiger partial charge in [0.1, 0.15) is 0 Å². The van der Waals surface area contributed by atoms with Gasteiger partial charge in [0.25, 0.3) is 5.91 Å². The van der Waals surface area contributed by atoms with Crippen LogP contribution in [-0.4, -0.2) is 46.0 Å². The molecule has 138 valence electrons. The van der Waals surface area contributed by atoms with E-state index in [9.17, 15) is 9.59 Å². The maximum Gasteiger partial charge on any atom is 0.254 e. The summed E-state index contributed by atoms with van der Waals surface area (Å²) in [4.78, 5) is 26.7. The monoisotopic (exact) mass is 346 g/mol. The second-order valence-corrected chi connectivity index (χ2v) is 7.76. The van der Waals surface area contributed by atoms with Crippen molar-refractivity contribution in [1.29, 1.82) is 0 Å². The van der Waals surface area contributed by atoms with Crippen LogP contribution in [0.25, 0.3) is 0 Å². The number of aromatic amines is 1. The average Bonchev–Trinajstić information content (AvgIpc) is 3.12. The second kappa shape index (κ2) is 8.02. The van der Waals surface area contributed by atoms with Gasteiger partial charge in [0.15, 0.2) is 0 Å². The van der Waals surface area contributed by atoms with Crippen LogP contribution in [0.5, 0.6) is 0 Å². The van der Waals surface area contributed by atoms with Crippen molar-refractivity contribution in [1.82, 2.24) is 20.4 Å². The highest BCUT2D eigenvalue weighted by Gasteiger charge is 2.28. The first kappa shape index (κ1) is 18.0. The lowest BCUT2D eigenvalue weighted by molar-refractivity contribution is -0.135. The zero-order chi connectivity index (χ0) is 17.8. The van der Waals surface area contributed by atoms with Crippen LogP contribution in [0.4, 0.5) is 0 Å². The highest BCUT2D eigenvalue weighted by atomic mass is 16.2. The Bertz CT molecular complexity index is 596. The summed E-state index contributed by atoms with van der Waals surface area (Å²) in [6.45, 7) is 5.31. The SMILES string of the molecule is CC(C)C(=O)N1CCC(NC(=O)c2cn[nH]c2C2CCCCC2)CC1. The summed E-state index contributed by atoms with van der Waals surface area (Å²) in [5.74, 6) is 0.653. The number of carbonyl (C=O) groups is 2. The molecular formula is C19H30N4O2. The average molecular weight is 346 g/mol. The van der Waals surface area contributed by atoms with E-state index in [-0.39, 0.29) is 23.8 Å². The van der Waals surface area contributed by atoms with Crippen LogP contribution in [0.1, 0.15) is 80.8 Å². The van der Waals surface area contributed by atoms with Gasteiger partial charge in [-0.05, 0) is 25.7 Å². The summed E-state index contributed by atoms with van der Waals surface area (Å²) >= 11 is 0. The van der Waals surface area contributed by atoms with Gasteiger partial charge in [-0.1, -0.05) is 33.1 Å². The molecule has 1 aromatic rings. The van der Waals surface area contributed by atoms with E-state index in [4.69, 9.17) is 0 Å². The number of amides is 2.